The van der Waals surface area contributed by atoms with Crippen LogP contribution in [-0.4, -0.2) is 68.8 Å². The SMILES string of the molecule is Nc1cc2c(O)c(/N=N/c3ccc(/N=N/c4ccc(/N=N/c5ccc6c(c5)C(=O)NC6=O)c5ccc(S(=O)(=O)O)cc45)c4ccc(S(=O)(=O)O)cc34)c(S(=O)(=O)O)cc2cc1S(=O)(=O)O. The Bertz CT molecular complexity index is 3880. The van der Waals surface area contributed by atoms with Gasteiger partial charge in [-0.25, -0.2) is 0 Å². The summed E-state index contributed by atoms with van der Waals surface area (Å²) in [6, 6.07) is 18.6. The fourth-order valence-electron chi connectivity index (χ4n) is 6.71. The van der Waals surface area contributed by atoms with Gasteiger partial charge in [-0.2, -0.15) is 38.8 Å². The molecular formula is C38H24N8O15S4. The second-order valence-corrected chi connectivity index (χ2v) is 19.4. The fourth-order valence-corrected chi connectivity index (χ4v) is 9.01. The Morgan fingerprint density at radius 2 is 0.908 bits per heavy atom. The van der Waals surface area contributed by atoms with E-state index in [1.54, 1.807) is 0 Å². The van der Waals surface area contributed by atoms with E-state index in [4.69, 9.17) is 5.73 Å². The average Bonchev–Trinajstić information content (AvgIpc) is 3.51. The molecule has 0 spiro atoms. The van der Waals surface area contributed by atoms with Crippen LogP contribution in [0.1, 0.15) is 20.7 Å². The molecule has 0 radical (unpaired) electrons. The van der Waals surface area contributed by atoms with Gasteiger partial charge < -0.3 is 10.8 Å². The minimum atomic E-state index is -5.25. The minimum Gasteiger partial charge on any atom is -0.505 e. The summed E-state index contributed by atoms with van der Waals surface area (Å²) in [5, 5.41) is 37.8. The highest BCUT2D eigenvalue weighted by atomic mass is 32.2. The third-order valence-electron chi connectivity index (χ3n) is 9.73. The number of nitrogens with two attached hydrogens (primary N) is 1. The van der Waals surface area contributed by atoms with Crippen LogP contribution in [0.2, 0.25) is 0 Å². The lowest BCUT2D eigenvalue weighted by Gasteiger charge is -2.11. The Labute approximate surface area is 364 Å². The van der Waals surface area contributed by atoms with E-state index in [1.165, 1.54) is 54.6 Å². The molecule has 7 aromatic carbocycles. The van der Waals surface area contributed by atoms with Crippen LogP contribution in [0.15, 0.2) is 147 Å². The van der Waals surface area contributed by atoms with Crippen molar-refractivity contribution in [3.8, 4) is 5.75 Å². The first-order valence-corrected chi connectivity index (χ1v) is 23.5. The summed E-state index contributed by atoms with van der Waals surface area (Å²) >= 11 is 0. The van der Waals surface area contributed by atoms with Crippen LogP contribution in [0.4, 0.5) is 39.8 Å². The number of phenols is 1. The molecule has 8 N–H and O–H groups in total. The number of fused-ring (bicyclic) bond motifs is 4. The quantitative estimate of drug-likeness (QED) is 0.0301. The Morgan fingerprint density at radius 1 is 0.446 bits per heavy atom. The number of anilines is 1. The van der Waals surface area contributed by atoms with E-state index >= 15 is 0 Å². The Morgan fingerprint density at radius 3 is 1.42 bits per heavy atom. The maximum Gasteiger partial charge on any atom is 0.296 e. The van der Waals surface area contributed by atoms with Gasteiger partial charge in [0.1, 0.15) is 15.5 Å². The van der Waals surface area contributed by atoms with E-state index in [-0.39, 0.29) is 71.9 Å². The maximum atomic E-state index is 12.5. The third-order valence-corrected chi connectivity index (χ3v) is 13.2. The topological polar surface area (TPSA) is 384 Å². The standard InChI is InChI=1S/C38H24N8O15S4/c39-28-16-24-17(11-33(28)64(56,57)58)12-34(65(59,60)61)35(36(24)47)46-45-32-10-8-30(22-6-3-20(15-26(22)32)63(53,54)55)43-44-31-9-7-29(21-5-2-19(14-25(21)31)62(50,51)52)42-41-18-1-4-23-27(13-18)38(49)40-37(23)48/h1-16,47H,39H2,(H,40,48,49)(H,50,51,52)(H,53,54,55)(H,56,57,58)(H,59,60,61)/b42-41+,44-43+,46-45+. The van der Waals surface area contributed by atoms with E-state index in [2.05, 4.69) is 36.0 Å². The van der Waals surface area contributed by atoms with Crippen LogP contribution >= 0.6 is 0 Å². The average molecular weight is 961 g/mol. The number of hydrogen-bond acceptors (Lipinski definition) is 18. The molecule has 0 saturated carbocycles. The molecular weight excluding hydrogens is 937 g/mol. The molecule has 2 amide bonds. The highest BCUT2D eigenvalue weighted by molar-refractivity contribution is 7.86. The smallest absolute Gasteiger partial charge is 0.296 e. The third kappa shape index (κ3) is 8.50. The molecule has 1 heterocycles. The number of phenolic OH excluding ortho intramolecular Hbond substituents is 1. The summed E-state index contributed by atoms with van der Waals surface area (Å²) in [5.74, 6) is -2.15. The molecule has 0 unspecified atom stereocenters. The second-order valence-electron chi connectivity index (χ2n) is 13.8. The van der Waals surface area contributed by atoms with E-state index in [0.29, 0.717) is 0 Å². The van der Waals surface area contributed by atoms with Crippen LogP contribution in [0.5, 0.6) is 5.75 Å². The van der Waals surface area contributed by atoms with Crippen molar-refractivity contribution in [2.75, 3.05) is 5.73 Å². The lowest BCUT2D eigenvalue weighted by atomic mass is 10.1. The van der Waals surface area contributed by atoms with Gasteiger partial charge in [0, 0.05) is 26.9 Å². The number of benzene rings is 7. The molecule has 0 bridgehead atoms. The van der Waals surface area contributed by atoms with Gasteiger partial charge in [-0.1, -0.05) is 12.1 Å². The predicted molar refractivity (Wildman–Crippen MR) is 228 cm³/mol. The van der Waals surface area contributed by atoms with Crippen LogP contribution in [0, 0.1) is 0 Å². The summed E-state index contributed by atoms with van der Waals surface area (Å²) in [6.45, 7) is 0. The Balaban J connectivity index is 1.23. The van der Waals surface area contributed by atoms with Crippen molar-refractivity contribution in [3.63, 3.8) is 0 Å². The number of nitrogen functional groups attached to an aromatic ring is 1. The molecule has 1 aliphatic rings. The van der Waals surface area contributed by atoms with Crippen molar-refractivity contribution in [2.45, 2.75) is 19.6 Å². The molecule has 65 heavy (non-hydrogen) atoms. The summed E-state index contributed by atoms with van der Waals surface area (Å²) in [5.41, 5.74) is 4.71. The molecule has 7 aromatic rings. The summed E-state index contributed by atoms with van der Waals surface area (Å²) in [6.07, 6.45) is 0. The van der Waals surface area contributed by atoms with Crippen LogP contribution in [0.25, 0.3) is 32.3 Å². The van der Waals surface area contributed by atoms with Gasteiger partial charge in [0.05, 0.1) is 55.0 Å². The second kappa shape index (κ2) is 15.6. The first kappa shape index (κ1) is 44.1. The van der Waals surface area contributed by atoms with Crippen molar-refractivity contribution < 1.29 is 66.6 Å². The molecule has 0 aliphatic carbocycles. The number of carbonyl (C=O) groups is 2. The number of hydrogen-bond donors (Lipinski definition) is 7. The largest absolute Gasteiger partial charge is 0.505 e. The molecule has 27 heteroatoms. The van der Waals surface area contributed by atoms with Gasteiger partial charge in [0.2, 0.25) is 0 Å². The van der Waals surface area contributed by atoms with Crippen molar-refractivity contribution >= 4 is 124 Å². The molecule has 0 atom stereocenters. The number of amides is 2. The predicted octanol–water partition coefficient (Wildman–Crippen LogP) is 7.55. The lowest BCUT2D eigenvalue weighted by Crippen LogP contribution is -2.19. The molecule has 0 aromatic heterocycles. The zero-order valence-electron chi connectivity index (χ0n) is 31.9. The fraction of sp³-hybridized carbons (Fsp3) is 0. The van der Waals surface area contributed by atoms with E-state index in [9.17, 15) is 66.6 Å². The van der Waals surface area contributed by atoms with E-state index in [0.717, 1.165) is 42.5 Å². The molecule has 8 rings (SSSR count). The zero-order valence-corrected chi connectivity index (χ0v) is 35.2. The van der Waals surface area contributed by atoms with Crippen molar-refractivity contribution in [1.82, 2.24) is 5.32 Å². The monoisotopic (exact) mass is 960 g/mol. The van der Waals surface area contributed by atoms with Gasteiger partial charge >= 0.3 is 0 Å². The number of nitrogens with one attached hydrogen (secondary N) is 1. The van der Waals surface area contributed by atoms with Crippen molar-refractivity contribution in [2.24, 2.45) is 30.7 Å². The molecule has 23 nitrogen and oxygen atoms in total. The summed E-state index contributed by atoms with van der Waals surface area (Å²) in [4.78, 5) is 21.0. The van der Waals surface area contributed by atoms with Crippen molar-refractivity contribution in [1.29, 1.82) is 0 Å². The zero-order chi connectivity index (χ0) is 47.0. The first-order valence-electron chi connectivity index (χ1n) is 17.8. The highest BCUT2D eigenvalue weighted by Crippen LogP contribution is 2.45. The van der Waals surface area contributed by atoms with Crippen LogP contribution in [0.3, 0.4) is 0 Å². The molecule has 0 saturated heterocycles. The highest BCUT2D eigenvalue weighted by Gasteiger charge is 2.27. The van der Waals surface area contributed by atoms with Gasteiger partial charge in [-0.05, 0) is 90.3 Å². The lowest BCUT2D eigenvalue weighted by molar-refractivity contribution is 0.0879. The van der Waals surface area contributed by atoms with Gasteiger partial charge in [0.25, 0.3) is 52.3 Å². The number of aromatic hydroxyl groups is 1. The van der Waals surface area contributed by atoms with Gasteiger partial charge in [-0.15, -0.1) is 25.6 Å². The number of azo groups is 3. The van der Waals surface area contributed by atoms with Gasteiger partial charge in [-0.3, -0.25) is 33.1 Å². The van der Waals surface area contributed by atoms with Gasteiger partial charge in [0.15, 0.2) is 5.75 Å². The number of imide groups is 1. The summed E-state index contributed by atoms with van der Waals surface area (Å²) < 4.78 is 137. The number of nitrogens with zero attached hydrogens (tertiary/aromatic N) is 6. The summed E-state index contributed by atoms with van der Waals surface area (Å²) in [7, 11) is -19.8. The molecule has 1 aliphatic heterocycles. The number of carbonyl (C=O) groups excluding carboxylic acids is 2. The number of rotatable bonds is 10. The van der Waals surface area contributed by atoms with E-state index < -0.39 is 89.0 Å². The van der Waals surface area contributed by atoms with Crippen LogP contribution in [-0.2, 0) is 40.5 Å². The maximum absolute atomic E-state index is 12.5. The Hall–Kier alpha value is -7.50. The van der Waals surface area contributed by atoms with Crippen LogP contribution < -0.4 is 11.1 Å². The minimum absolute atomic E-state index is 0.0000988. The van der Waals surface area contributed by atoms with Crippen molar-refractivity contribution in [3.05, 3.63) is 108 Å². The Kier molecular flexibility index (Phi) is 10.6. The molecule has 0 fully saturated rings. The molecule has 330 valence electrons. The van der Waals surface area contributed by atoms with E-state index in [1.807, 2.05) is 0 Å². The normalized spacial score (nSPS) is 13.8. The first-order chi connectivity index (χ1) is 30.4.